The van der Waals surface area contributed by atoms with Gasteiger partial charge in [-0.3, -0.25) is 14.8 Å². The average molecular weight is 482 g/mol. The number of likely N-dealkylation sites (tertiary alicyclic amines) is 1. The molecule has 0 N–H and O–H groups in total. The molecule has 2 saturated heterocycles. The van der Waals surface area contributed by atoms with Crippen LogP contribution in [0.1, 0.15) is 40.5 Å². The fourth-order valence-electron chi connectivity index (χ4n) is 5.39. The summed E-state index contributed by atoms with van der Waals surface area (Å²) in [6.07, 6.45) is 5.37. The SMILES string of the molecule is Cc1ccc2cc(C(=O)N3CCC(c4ncnc5cc(N6CCN(C)CC6)cnc45)CC3)ccc2n1. The van der Waals surface area contributed by atoms with Crippen LogP contribution in [0, 0.1) is 6.92 Å². The molecule has 0 unspecified atom stereocenters. The summed E-state index contributed by atoms with van der Waals surface area (Å²) in [7, 11) is 2.16. The van der Waals surface area contributed by atoms with E-state index in [9.17, 15) is 4.79 Å². The largest absolute Gasteiger partial charge is 0.368 e. The zero-order valence-electron chi connectivity index (χ0n) is 20.9. The maximum absolute atomic E-state index is 13.2. The summed E-state index contributed by atoms with van der Waals surface area (Å²) in [5, 5.41) is 0.996. The molecule has 2 fully saturated rings. The lowest BCUT2D eigenvalue weighted by atomic mass is 9.92. The molecule has 3 aromatic heterocycles. The van der Waals surface area contributed by atoms with Gasteiger partial charge in [0, 0.05) is 61.8 Å². The molecule has 6 rings (SSSR count). The number of piperidine rings is 1. The molecule has 2 aliphatic rings. The quantitative estimate of drug-likeness (QED) is 0.442. The zero-order chi connectivity index (χ0) is 24.6. The second-order valence-corrected chi connectivity index (χ2v) is 10.0. The van der Waals surface area contributed by atoms with Crippen molar-refractivity contribution >= 4 is 33.5 Å². The molecule has 5 heterocycles. The van der Waals surface area contributed by atoms with E-state index in [4.69, 9.17) is 4.98 Å². The van der Waals surface area contributed by atoms with E-state index in [0.29, 0.717) is 13.1 Å². The second kappa shape index (κ2) is 9.43. The lowest BCUT2D eigenvalue weighted by Crippen LogP contribution is -2.44. The molecule has 2 aliphatic heterocycles. The number of amides is 1. The standard InChI is InChI=1S/C28H31N7O/c1-19-3-4-21-15-22(5-6-24(21)32-19)28(36)35-9-7-20(8-10-35)26-27-25(30-18-31-26)16-23(17-29-27)34-13-11-33(2)12-14-34/h3-6,15-18,20H,7-14H2,1-2H3. The normalized spacial score (nSPS) is 17.7. The summed E-state index contributed by atoms with van der Waals surface area (Å²) in [5.41, 5.74) is 6.53. The highest BCUT2D eigenvalue weighted by Gasteiger charge is 2.27. The number of rotatable bonds is 3. The number of aryl methyl sites for hydroxylation is 1. The number of benzene rings is 1. The molecular weight excluding hydrogens is 450 g/mol. The van der Waals surface area contributed by atoms with Crippen LogP contribution in [0.2, 0.25) is 0 Å². The van der Waals surface area contributed by atoms with Crippen molar-refractivity contribution in [2.45, 2.75) is 25.7 Å². The number of carbonyl (C=O) groups is 1. The van der Waals surface area contributed by atoms with Crippen molar-refractivity contribution in [2.24, 2.45) is 0 Å². The molecule has 1 amide bonds. The average Bonchev–Trinajstić information content (AvgIpc) is 2.92. The fourth-order valence-corrected chi connectivity index (χ4v) is 5.39. The van der Waals surface area contributed by atoms with E-state index in [-0.39, 0.29) is 11.8 Å². The number of pyridine rings is 2. The minimum absolute atomic E-state index is 0.0819. The third kappa shape index (κ3) is 4.37. The zero-order valence-corrected chi connectivity index (χ0v) is 20.9. The van der Waals surface area contributed by atoms with Gasteiger partial charge in [0.05, 0.1) is 28.6 Å². The van der Waals surface area contributed by atoms with Gasteiger partial charge < -0.3 is 14.7 Å². The van der Waals surface area contributed by atoms with Gasteiger partial charge in [-0.25, -0.2) is 9.97 Å². The van der Waals surface area contributed by atoms with E-state index in [1.165, 1.54) is 0 Å². The summed E-state index contributed by atoms with van der Waals surface area (Å²) in [5.74, 6) is 0.351. The molecule has 0 saturated carbocycles. The number of piperazine rings is 1. The van der Waals surface area contributed by atoms with Crippen LogP contribution in [0.4, 0.5) is 5.69 Å². The second-order valence-electron chi connectivity index (χ2n) is 10.0. The van der Waals surface area contributed by atoms with Gasteiger partial charge in [0.15, 0.2) is 0 Å². The Morgan fingerprint density at radius 3 is 2.50 bits per heavy atom. The van der Waals surface area contributed by atoms with E-state index in [2.05, 4.69) is 37.9 Å². The predicted octanol–water partition coefficient (Wildman–Crippen LogP) is 3.65. The van der Waals surface area contributed by atoms with Gasteiger partial charge in [0.25, 0.3) is 5.91 Å². The highest BCUT2D eigenvalue weighted by atomic mass is 16.2. The first-order valence-corrected chi connectivity index (χ1v) is 12.8. The first-order valence-electron chi connectivity index (χ1n) is 12.8. The van der Waals surface area contributed by atoms with Gasteiger partial charge >= 0.3 is 0 Å². The molecule has 0 aliphatic carbocycles. The third-order valence-electron chi connectivity index (χ3n) is 7.60. The Morgan fingerprint density at radius 2 is 1.69 bits per heavy atom. The molecule has 36 heavy (non-hydrogen) atoms. The van der Waals surface area contributed by atoms with Crippen LogP contribution in [0.5, 0.6) is 0 Å². The third-order valence-corrected chi connectivity index (χ3v) is 7.60. The predicted molar refractivity (Wildman–Crippen MR) is 141 cm³/mol. The molecule has 1 aromatic carbocycles. The molecule has 0 radical (unpaired) electrons. The molecule has 4 aromatic rings. The highest BCUT2D eigenvalue weighted by Crippen LogP contribution is 2.32. The summed E-state index contributed by atoms with van der Waals surface area (Å²) >= 11 is 0. The van der Waals surface area contributed by atoms with Crippen molar-refractivity contribution in [1.82, 2.24) is 29.7 Å². The number of aromatic nitrogens is 4. The number of likely N-dealkylation sites (N-methyl/N-ethyl adjacent to an activating group) is 1. The van der Waals surface area contributed by atoms with Gasteiger partial charge in [-0.05, 0) is 57.1 Å². The van der Waals surface area contributed by atoms with Gasteiger partial charge in [0.1, 0.15) is 11.8 Å². The molecule has 0 spiro atoms. The molecule has 0 atom stereocenters. The Labute approximate surface area is 211 Å². The fraction of sp³-hybridized carbons (Fsp3) is 0.393. The smallest absolute Gasteiger partial charge is 0.253 e. The van der Waals surface area contributed by atoms with Gasteiger partial charge in [-0.15, -0.1) is 0 Å². The van der Waals surface area contributed by atoms with Gasteiger partial charge in [-0.1, -0.05) is 6.07 Å². The Kier molecular flexibility index (Phi) is 5.97. The first-order chi connectivity index (χ1) is 17.5. The van der Waals surface area contributed by atoms with E-state index < -0.39 is 0 Å². The van der Waals surface area contributed by atoms with Crippen molar-refractivity contribution in [3.05, 3.63) is 65.9 Å². The van der Waals surface area contributed by atoms with Crippen LogP contribution in [-0.4, -0.2) is 82.0 Å². The molecule has 8 heteroatoms. The van der Waals surface area contributed by atoms with Crippen LogP contribution in [0.15, 0.2) is 48.9 Å². The van der Waals surface area contributed by atoms with Crippen LogP contribution < -0.4 is 4.90 Å². The monoisotopic (exact) mass is 481 g/mol. The van der Waals surface area contributed by atoms with Gasteiger partial charge in [0.2, 0.25) is 0 Å². The topological polar surface area (TPSA) is 78.4 Å². The van der Waals surface area contributed by atoms with Crippen molar-refractivity contribution < 1.29 is 4.79 Å². The van der Waals surface area contributed by atoms with E-state index >= 15 is 0 Å². The number of hydrogen-bond acceptors (Lipinski definition) is 7. The Morgan fingerprint density at radius 1 is 0.889 bits per heavy atom. The minimum atomic E-state index is 0.0819. The highest BCUT2D eigenvalue weighted by molar-refractivity contribution is 5.98. The van der Waals surface area contributed by atoms with Crippen molar-refractivity contribution in [3.8, 4) is 0 Å². The van der Waals surface area contributed by atoms with E-state index in [1.54, 1.807) is 6.33 Å². The minimum Gasteiger partial charge on any atom is -0.368 e. The van der Waals surface area contributed by atoms with Crippen LogP contribution in [-0.2, 0) is 0 Å². The summed E-state index contributed by atoms with van der Waals surface area (Å²) in [4.78, 5) is 38.5. The summed E-state index contributed by atoms with van der Waals surface area (Å²) in [6.45, 7) is 7.51. The van der Waals surface area contributed by atoms with Crippen LogP contribution in [0.3, 0.4) is 0 Å². The number of hydrogen-bond donors (Lipinski definition) is 0. The van der Waals surface area contributed by atoms with Crippen molar-refractivity contribution in [2.75, 3.05) is 51.2 Å². The van der Waals surface area contributed by atoms with Crippen molar-refractivity contribution in [1.29, 1.82) is 0 Å². The Bertz CT molecular complexity index is 1420. The maximum atomic E-state index is 13.2. The summed E-state index contributed by atoms with van der Waals surface area (Å²) in [6, 6.07) is 11.9. The number of anilines is 1. The molecule has 8 nitrogen and oxygen atoms in total. The van der Waals surface area contributed by atoms with Crippen molar-refractivity contribution in [3.63, 3.8) is 0 Å². The van der Waals surface area contributed by atoms with Crippen LogP contribution in [0.25, 0.3) is 21.9 Å². The lowest BCUT2D eigenvalue weighted by Gasteiger charge is -2.34. The molecule has 0 bridgehead atoms. The molecule has 184 valence electrons. The van der Waals surface area contributed by atoms with E-state index in [1.807, 2.05) is 48.4 Å². The number of fused-ring (bicyclic) bond motifs is 2. The maximum Gasteiger partial charge on any atom is 0.253 e. The Hall–Kier alpha value is -3.65. The lowest BCUT2D eigenvalue weighted by molar-refractivity contribution is 0.0712. The van der Waals surface area contributed by atoms with Gasteiger partial charge in [-0.2, -0.15) is 0 Å². The number of nitrogens with zero attached hydrogens (tertiary/aromatic N) is 7. The molecular formula is C28H31N7O. The Balaban J connectivity index is 1.16. The van der Waals surface area contributed by atoms with E-state index in [0.717, 1.165) is 83.6 Å². The van der Waals surface area contributed by atoms with Crippen LogP contribution >= 0.6 is 0 Å². The first kappa shape index (κ1) is 22.8. The summed E-state index contributed by atoms with van der Waals surface area (Å²) < 4.78 is 0. The number of carbonyl (C=O) groups excluding carboxylic acids is 1.